The molecule has 0 bridgehead atoms. The van der Waals surface area contributed by atoms with Gasteiger partial charge in [-0.25, -0.2) is 0 Å². The van der Waals surface area contributed by atoms with Crippen LogP contribution < -0.4 is 19.3 Å². The fourth-order valence-corrected chi connectivity index (χ4v) is 4.81. The van der Waals surface area contributed by atoms with E-state index in [1.165, 1.54) is 9.80 Å². The van der Waals surface area contributed by atoms with Crippen molar-refractivity contribution in [3.05, 3.63) is 59.7 Å². The van der Waals surface area contributed by atoms with Gasteiger partial charge in [-0.05, 0) is 89.1 Å². The van der Waals surface area contributed by atoms with Crippen LogP contribution in [0.15, 0.2) is 48.5 Å². The second-order valence-corrected chi connectivity index (χ2v) is 9.48. The molecule has 6 heteroatoms. The minimum absolute atomic E-state index is 0.133. The molecular formula is C30H46N2O4+2. The second kappa shape index (κ2) is 15.4. The lowest BCUT2D eigenvalue weighted by molar-refractivity contribution is -0.899. The van der Waals surface area contributed by atoms with Crippen molar-refractivity contribution >= 4 is 11.6 Å². The van der Waals surface area contributed by atoms with Gasteiger partial charge >= 0.3 is 0 Å². The summed E-state index contributed by atoms with van der Waals surface area (Å²) in [7, 11) is 3.25. The first-order chi connectivity index (χ1) is 17.4. The van der Waals surface area contributed by atoms with E-state index < -0.39 is 0 Å². The van der Waals surface area contributed by atoms with Crippen LogP contribution >= 0.6 is 0 Å². The van der Waals surface area contributed by atoms with E-state index in [1.54, 1.807) is 14.2 Å². The van der Waals surface area contributed by atoms with Gasteiger partial charge in [0.05, 0.1) is 65.3 Å². The highest BCUT2D eigenvalue weighted by Crippen LogP contribution is 2.22. The average molecular weight is 499 g/mol. The van der Waals surface area contributed by atoms with Crippen LogP contribution in [0.2, 0.25) is 0 Å². The summed E-state index contributed by atoms with van der Waals surface area (Å²) >= 11 is 0. The monoisotopic (exact) mass is 498 g/mol. The van der Waals surface area contributed by atoms with Gasteiger partial charge in [-0.1, -0.05) is 0 Å². The molecule has 0 aromatic heterocycles. The van der Waals surface area contributed by atoms with Crippen LogP contribution in [0.25, 0.3) is 0 Å². The minimum atomic E-state index is -0.133. The molecule has 198 valence electrons. The third-order valence-electron chi connectivity index (χ3n) is 7.42. The predicted molar refractivity (Wildman–Crippen MR) is 145 cm³/mol. The molecular weight excluding hydrogens is 452 g/mol. The summed E-state index contributed by atoms with van der Waals surface area (Å²) in [6, 6.07) is 14.8. The summed E-state index contributed by atoms with van der Waals surface area (Å²) in [5.41, 5.74) is 1.42. The van der Waals surface area contributed by atoms with E-state index in [-0.39, 0.29) is 23.4 Å². The number of quaternary nitrogens is 2. The molecule has 36 heavy (non-hydrogen) atoms. The fraction of sp³-hybridized carbons (Fsp3) is 0.533. The van der Waals surface area contributed by atoms with Crippen molar-refractivity contribution in [2.75, 3.05) is 53.5 Å². The number of benzene rings is 2. The summed E-state index contributed by atoms with van der Waals surface area (Å²) in [5.74, 6) is 1.53. The summed E-state index contributed by atoms with van der Waals surface area (Å²) in [5, 5.41) is 0. The second-order valence-electron chi connectivity index (χ2n) is 9.48. The number of carbonyl (C=O) groups excluding carboxylic acids is 2. The van der Waals surface area contributed by atoms with Gasteiger partial charge in [0, 0.05) is 11.1 Å². The molecule has 0 aliphatic rings. The number of hydrogen-bond donors (Lipinski definition) is 2. The molecule has 0 aliphatic carbocycles. The Hall–Kier alpha value is -2.70. The third kappa shape index (κ3) is 8.45. The highest BCUT2D eigenvalue weighted by Gasteiger charge is 2.30. The third-order valence-corrected chi connectivity index (χ3v) is 7.42. The lowest BCUT2D eigenvalue weighted by atomic mass is 9.86. The van der Waals surface area contributed by atoms with Crippen LogP contribution in [0.5, 0.6) is 11.5 Å². The minimum Gasteiger partial charge on any atom is -0.497 e. The smallest absolute Gasteiger partial charge is 0.171 e. The van der Waals surface area contributed by atoms with Gasteiger partial charge in [0.2, 0.25) is 0 Å². The van der Waals surface area contributed by atoms with Crippen LogP contribution in [0.4, 0.5) is 0 Å². The van der Waals surface area contributed by atoms with E-state index in [0.29, 0.717) is 24.0 Å². The van der Waals surface area contributed by atoms with Crippen molar-refractivity contribution in [2.45, 2.75) is 40.5 Å². The Morgan fingerprint density at radius 1 is 0.611 bits per heavy atom. The van der Waals surface area contributed by atoms with Gasteiger partial charge in [-0.15, -0.1) is 0 Å². The van der Waals surface area contributed by atoms with E-state index in [4.69, 9.17) is 9.47 Å². The van der Waals surface area contributed by atoms with Crippen molar-refractivity contribution in [1.29, 1.82) is 0 Å². The van der Waals surface area contributed by atoms with Crippen molar-refractivity contribution in [3.8, 4) is 11.5 Å². The standard InChI is InChI=1S/C30H44N2O4/c1-7-31(8-2)21-25(29(33)23-13-17-27(35-5)18-14-23)11-12-26(22-32(9-3)10-4)30(34)24-15-19-28(36-6)20-16-24/h13-20,25-26H,7-12,21-22H2,1-6H3/p+2/t25-,26-/m1/s1. The van der Waals surface area contributed by atoms with Gasteiger partial charge in [0.1, 0.15) is 11.5 Å². The number of ketones is 2. The van der Waals surface area contributed by atoms with Crippen LogP contribution in [0.1, 0.15) is 61.3 Å². The number of methoxy groups -OCH3 is 2. The largest absolute Gasteiger partial charge is 0.497 e. The topological polar surface area (TPSA) is 61.5 Å². The molecule has 0 spiro atoms. The SMILES string of the molecule is CC[NH+](CC)C[C@@H](CC[C@H](C[NH+](CC)CC)C(=O)c1ccc(OC)cc1)C(=O)c1ccc(OC)cc1. The highest BCUT2D eigenvalue weighted by atomic mass is 16.5. The fourth-order valence-electron chi connectivity index (χ4n) is 4.81. The zero-order chi connectivity index (χ0) is 26.5. The summed E-state index contributed by atoms with van der Waals surface area (Å²) in [4.78, 5) is 30.0. The van der Waals surface area contributed by atoms with Gasteiger partial charge in [0.15, 0.2) is 11.6 Å². The molecule has 2 rings (SSSR count). The molecule has 0 amide bonds. The molecule has 0 heterocycles. The van der Waals surface area contributed by atoms with Gasteiger partial charge in [-0.3, -0.25) is 9.59 Å². The number of hydrogen-bond acceptors (Lipinski definition) is 4. The van der Waals surface area contributed by atoms with Crippen molar-refractivity contribution < 1.29 is 28.9 Å². The van der Waals surface area contributed by atoms with Crippen LogP contribution in [-0.2, 0) is 0 Å². The Balaban J connectivity index is 2.27. The molecule has 0 radical (unpaired) electrons. The van der Waals surface area contributed by atoms with E-state index in [2.05, 4.69) is 27.7 Å². The maximum Gasteiger partial charge on any atom is 0.171 e. The first-order valence-corrected chi connectivity index (χ1v) is 13.4. The Bertz CT molecular complexity index is 841. The van der Waals surface area contributed by atoms with Crippen molar-refractivity contribution in [1.82, 2.24) is 0 Å². The zero-order valence-corrected chi connectivity index (χ0v) is 23.1. The maximum absolute atomic E-state index is 13.6. The first-order valence-electron chi connectivity index (χ1n) is 13.4. The lowest BCUT2D eigenvalue weighted by Gasteiger charge is -2.26. The van der Waals surface area contributed by atoms with Gasteiger partial charge in [0.25, 0.3) is 0 Å². The number of rotatable bonds is 17. The number of carbonyl (C=O) groups is 2. The molecule has 0 aliphatic heterocycles. The van der Waals surface area contributed by atoms with Gasteiger partial charge < -0.3 is 19.3 Å². The predicted octanol–water partition coefficient (Wildman–Crippen LogP) is 2.63. The average Bonchev–Trinajstić information content (AvgIpc) is 2.94. The van der Waals surface area contributed by atoms with E-state index >= 15 is 0 Å². The zero-order valence-electron chi connectivity index (χ0n) is 23.1. The molecule has 0 fully saturated rings. The number of ether oxygens (including phenoxy) is 2. The van der Waals surface area contributed by atoms with Crippen molar-refractivity contribution in [3.63, 3.8) is 0 Å². The molecule has 2 aromatic rings. The van der Waals surface area contributed by atoms with Crippen molar-refractivity contribution in [2.24, 2.45) is 11.8 Å². The normalized spacial score (nSPS) is 13.0. The molecule has 2 aromatic carbocycles. The molecule has 0 saturated carbocycles. The lowest BCUT2D eigenvalue weighted by Crippen LogP contribution is -3.12. The Morgan fingerprint density at radius 2 is 0.917 bits per heavy atom. The number of Topliss-reactive ketones (excluding diaryl/α,β-unsaturated/α-hetero) is 2. The molecule has 0 unspecified atom stereocenters. The summed E-state index contributed by atoms with van der Waals surface area (Å²) < 4.78 is 10.5. The van der Waals surface area contributed by atoms with Crippen LogP contribution in [0.3, 0.4) is 0 Å². The van der Waals surface area contributed by atoms with Crippen LogP contribution in [0, 0.1) is 11.8 Å². The molecule has 2 N–H and O–H groups in total. The Morgan fingerprint density at radius 3 is 1.17 bits per heavy atom. The van der Waals surface area contributed by atoms with Gasteiger partial charge in [-0.2, -0.15) is 0 Å². The van der Waals surface area contributed by atoms with Crippen LogP contribution in [-0.4, -0.2) is 65.1 Å². The number of nitrogens with one attached hydrogen (secondary N) is 2. The Kier molecular flexibility index (Phi) is 12.6. The quantitative estimate of drug-likeness (QED) is 0.329. The highest BCUT2D eigenvalue weighted by molar-refractivity contribution is 5.99. The maximum atomic E-state index is 13.6. The molecule has 6 nitrogen and oxygen atoms in total. The first kappa shape index (κ1) is 29.5. The van der Waals surface area contributed by atoms with E-state index in [0.717, 1.165) is 50.8 Å². The van der Waals surface area contributed by atoms with E-state index in [9.17, 15) is 9.59 Å². The Labute approximate surface area is 217 Å². The molecule has 2 atom stereocenters. The summed E-state index contributed by atoms with van der Waals surface area (Å²) in [6.45, 7) is 14.1. The summed E-state index contributed by atoms with van der Waals surface area (Å²) in [6.07, 6.45) is 1.39. The van der Waals surface area contributed by atoms with E-state index in [1.807, 2.05) is 48.5 Å². The molecule has 0 saturated heterocycles.